The Morgan fingerprint density at radius 2 is 1.87 bits per heavy atom. The first kappa shape index (κ1) is 10.1. The van der Waals surface area contributed by atoms with E-state index in [0.717, 1.165) is 30.2 Å². The van der Waals surface area contributed by atoms with E-state index in [4.69, 9.17) is 0 Å². The Morgan fingerprint density at radius 3 is 2.53 bits per heavy atom. The molecular weight excluding hydrogens is 190 g/mol. The first-order valence-electron chi connectivity index (χ1n) is 5.23. The molecule has 80 valence electrons. The quantitative estimate of drug-likeness (QED) is 0.692. The molecule has 0 unspecified atom stereocenters. The summed E-state index contributed by atoms with van der Waals surface area (Å²) < 4.78 is 0. The molecule has 0 spiro atoms. The highest BCUT2D eigenvalue weighted by Gasteiger charge is 2.19. The number of anilines is 1. The maximum absolute atomic E-state index is 11.1. The molecule has 4 heteroatoms. The topological polar surface area (TPSA) is 46.1 Å². The molecule has 0 saturated carbocycles. The highest BCUT2D eigenvalue weighted by Crippen LogP contribution is 2.20. The van der Waals surface area contributed by atoms with Crippen LogP contribution in [0.25, 0.3) is 0 Å². The number of aryl methyl sites for hydroxylation is 1. The monoisotopic (exact) mass is 205 g/mol. The van der Waals surface area contributed by atoms with Crippen LogP contribution in [-0.2, 0) is 4.79 Å². The summed E-state index contributed by atoms with van der Waals surface area (Å²) >= 11 is 0. The van der Waals surface area contributed by atoms with Gasteiger partial charge in [0, 0.05) is 37.2 Å². The van der Waals surface area contributed by atoms with E-state index in [9.17, 15) is 4.79 Å². The van der Waals surface area contributed by atoms with Gasteiger partial charge in [-0.3, -0.25) is 4.79 Å². The lowest BCUT2D eigenvalue weighted by atomic mass is 10.1. The van der Waals surface area contributed by atoms with Crippen LogP contribution in [0, 0.1) is 13.8 Å². The minimum Gasteiger partial charge on any atom is -0.355 e. The number of aromatic nitrogens is 2. The SMILES string of the molecule is Cc1ncnc(N2CCC(=O)CC2)c1C. The number of hydrogen-bond acceptors (Lipinski definition) is 4. The Hall–Kier alpha value is -1.45. The molecular formula is C11H15N3O. The minimum absolute atomic E-state index is 0.356. The molecule has 0 aromatic carbocycles. The van der Waals surface area contributed by atoms with Crippen molar-refractivity contribution >= 4 is 11.6 Å². The van der Waals surface area contributed by atoms with E-state index >= 15 is 0 Å². The highest BCUT2D eigenvalue weighted by atomic mass is 16.1. The van der Waals surface area contributed by atoms with Gasteiger partial charge in [-0.2, -0.15) is 0 Å². The Labute approximate surface area is 89.3 Å². The number of carbonyl (C=O) groups excluding carboxylic acids is 1. The van der Waals surface area contributed by atoms with Gasteiger partial charge in [0.25, 0.3) is 0 Å². The van der Waals surface area contributed by atoms with Crippen LogP contribution in [0.3, 0.4) is 0 Å². The third-order valence-corrected chi connectivity index (χ3v) is 2.93. The molecule has 0 N–H and O–H groups in total. The summed E-state index contributed by atoms with van der Waals surface area (Å²) in [6.07, 6.45) is 2.87. The van der Waals surface area contributed by atoms with E-state index < -0.39 is 0 Å². The zero-order valence-electron chi connectivity index (χ0n) is 9.16. The molecule has 1 aliphatic heterocycles. The summed E-state index contributed by atoms with van der Waals surface area (Å²) in [5, 5.41) is 0. The van der Waals surface area contributed by atoms with Crippen molar-refractivity contribution in [3.63, 3.8) is 0 Å². The van der Waals surface area contributed by atoms with E-state index in [1.807, 2.05) is 13.8 Å². The summed E-state index contributed by atoms with van der Waals surface area (Å²) in [5.74, 6) is 1.34. The minimum atomic E-state index is 0.356. The van der Waals surface area contributed by atoms with E-state index in [2.05, 4.69) is 14.9 Å². The highest BCUT2D eigenvalue weighted by molar-refractivity contribution is 5.80. The molecule has 2 heterocycles. The molecule has 0 amide bonds. The van der Waals surface area contributed by atoms with Gasteiger partial charge in [-0.05, 0) is 13.8 Å². The van der Waals surface area contributed by atoms with Gasteiger partial charge in [0.15, 0.2) is 0 Å². The average Bonchev–Trinajstić information content (AvgIpc) is 2.24. The molecule has 1 saturated heterocycles. The Bertz CT molecular complexity index is 379. The van der Waals surface area contributed by atoms with Gasteiger partial charge >= 0.3 is 0 Å². The zero-order valence-corrected chi connectivity index (χ0v) is 9.16. The van der Waals surface area contributed by atoms with Crippen LogP contribution >= 0.6 is 0 Å². The van der Waals surface area contributed by atoms with E-state index in [0.29, 0.717) is 18.6 Å². The molecule has 0 radical (unpaired) electrons. The fraction of sp³-hybridized carbons (Fsp3) is 0.545. The van der Waals surface area contributed by atoms with Gasteiger partial charge in [-0.25, -0.2) is 9.97 Å². The molecule has 4 nitrogen and oxygen atoms in total. The van der Waals surface area contributed by atoms with Crippen LogP contribution in [0.5, 0.6) is 0 Å². The average molecular weight is 205 g/mol. The van der Waals surface area contributed by atoms with E-state index in [1.165, 1.54) is 0 Å². The van der Waals surface area contributed by atoms with Gasteiger partial charge in [-0.15, -0.1) is 0 Å². The van der Waals surface area contributed by atoms with Crippen LogP contribution in [-0.4, -0.2) is 28.8 Å². The van der Waals surface area contributed by atoms with Crippen LogP contribution in [0.1, 0.15) is 24.1 Å². The van der Waals surface area contributed by atoms with Crippen molar-refractivity contribution in [1.29, 1.82) is 0 Å². The fourth-order valence-electron chi connectivity index (χ4n) is 1.81. The number of piperidine rings is 1. The number of nitrogens with zero attached hydrogens (tertiary/aromatic N) is 3. The molecule has 15 heavy (non-hydrogen) atoms. The van der Waals surface area contributed by atoms with Crippen molar-refractivity contribution in [3.05, 3.63) is 17.6 Å². The maximum atomic E-state index is 11.1. The van der Waals surface area contributed by atoms with Crippen molar-refractivity contribution in [2.75, 3.05) is 18.0 Å². The molecule has 2 rings (SSSR count). The van der Waals surface area contributed by atoms with Crippen molar-refractivity contribution < 1.29 is 4.79 Å². The van der Waals surface area contributed by atoms with E-state index in [-0.39, 0.29) is 0 Å². The molecule has 1 aromatic rings. The molecule has 0 aliphatic carbocycles. The first-order chi connectivity index (χ1) is 7.18. The third-order valence-electron chi connectivity index (χ3n) is 2.93. The van der Waals surface area contributed by atoms with Gasteiger partial charge in [0.1, 0.15) is 17.9 Å². The standard InChI is InChI=1S/C11H15N3O/c1-8-9(2)12-7-13-11(8)14-5-3-10(15)4-6-14/h7H,3-6H2,1-2H3. The van der Waals surface area contributed by atoms with Crippen molar-refractivity contribution in [2.24, 2.45) is 0 Å². The van der Waals surface area contributed by atoms with E-state index in [1.54, 1.807) is 6.33 Å². The first-order valence-corrected chi connectivity index (χ1v) is 5.23. The zero-order chi connectivity index (χ0) is 10.8. The second-order valence-corrected chi connectivity index (χ2v) is 3.93. The van der Waals surface area contributed by atoms with Crippen molar-refractivity contribution in [1.82, 2.24) is 9.97 Å². The van der Waals surface area contributed by atoms with Crippen molar-refractivity contribution in [3.8, 4) is 0 Å². The van der Waals surface area contributed by atoms with Gasteiger partial charge in [0.2, 0.25) is 0 Å². The predicted octanol–water partition coefficient (Wildman–Crippen LogP) is 1.26. The Morgan fingerprint density at radius 1 is 1.20 bits per heavy atom. The van der Waals surface area contributed by atoms with Crippen LogP contribution in [0.4, 0.5) is 5.82 Å². The predicted molar refractivity (Wildman–Crippen MR) is 58.0 cm³/mol. The van der Waals surface area contributed by atoms with Crippen LogP contribution in [0.2, 0.25) is 0 Å². The summed E-state index contributed by atoms with van der Waals surface area (Å²) in [4.78, 5) is 21.7. The summed E-state index contributed by atoms with van der Waals surface area (Å²) in [6, 6.07) is 0. The number of hydrogen-bond donors (Lipinski definition) is 0. The normalized spacial score (nSPS) is 16.9. The lowest BCUT2D eigenvalue weighted by Gasteiger charge is -2.28. The maximum Gasteiger partial charge on any atom is 0.136 e. The summed E-state index contributed by atoms with van der Waals surface area (Å²) in [6.45, 7) is 5.59. The third kappa shape index (κ3) is 1.98. The summed E-state index contributed by atoms with van der Waals surface area (Å²) in [7, 11) is 0. The lowest BCUT2D eigenvalue weighted by Crippen LogP contribution is -2.35. The largest absolute Gasteiger partial charge is 0.355 e. The molecule has 1 aromatic heterocycles. The fourth-order valence-corrected chi connectivity index (χ4v) is 1.81. The Kier molecular flexibility index (Phi) is 2.66. The molecule has 1 fully saturated rings. The number of carbonyl (C=O) groups is 1. The summed E-state index contributed by atoms with van der Waals surface area (Å²) in [5.41, 5.74) is 2.13. The molecule has 0 bridgehead atoms. The van der Waals surface area contributed by atoms with Gasteiger partial charge in [0.05, 0.1) is 0 Å². The Balaban J connectivity index is 2.22. The number of Topliss-reactive ketones (excluding diaryl/α,β-unsaturated/α-hetero) is 1. The van der Waals surface area contributed by atoms with Gasteiger partial charge in [-0.1, -0.05) is 0 Å². The number of ketones is 1. The smallest absolute Gasteiger partial charge is 0.136 e. The second-order valence-electron chi connectivity index (χ2n) is 3.93. The second kappa shape index (κ2) is 3.96. The number of rotatable bonds is 1. The van der Waals surface area contributed by atoms with Crippen LogP contribution in [0.15, 0.2) is 6.33 Å². The van der Waals surface area contributed by atoms with Gasteiger partial charge < -0.3 is 4.90 Å². The van der Waals surface area contributed by atoms with Crippen molar-refractivity contribution in [2.45, 2.75) is 26.7 Å². The molecule has 0 atom stereocenters. The lowest BCUT2D eigenvalue weighted by molar-refractivity contribution is -0.119. The molecule has 1 aliphatic rings. The van der Waals surface area contributed by atoms with Crippen LogP contribution < -0.4 is 4.90 Å².